The molecular formula is C19H26N6O. The summed E-state index contributed by atoms with van der Waals surface area (Å²) in [5, 5.41) is 15.1. The van der Waals surface area contributed by atoms with E-state index < -0.39 is 11.1 Å². The molecule has 138 valence electrons. The Morgan fingerprint density at radius 1 is 1.12 bits per heavy atom. The predicted octanol–water partition coefficient (Wildman–Crippen LogP) is 3.24. The van der Waals surface area contributed by atoms with Crippen molar-refractivity contribution >= 4 is 11.6 Å². The Bertz CT molecular complexity index is 861. The minimum Gasteiger partial charge on any atom is -0.365 e. The molecule has 26 heavy (non-hydrogen) atoms. The minimum atomic E-state index is -1.41. The third-order valence-electron chi connectivity index (χ3n) is 4.87. The van der Waals surface area contributed by atoms with Gasteiger partial charge in [-0.2, -0.15) is 0 Å². The van der Waals surface area contributed by atoms with Crippen molar-refractivity contribution in [3.8, 4) is 0 Å². The summed E-state index contributed by atoms with van der Waals surface area (Å²) in [6, 6.07) is 1.74. The van der Waals surface area contributed by atoms with E-state index in [0.717, 1.165) is 12.8 Å². The van der Waals surface area contributed by atoms with Crippen molar-refractivity contribution in [2.75, 3.05) is 5.32 Å². The summed E-state index contributed by atoms with van der Waals surface area (Å²) < 4.78 is 1.85. The molecule has 3 aromatic heterocycles. The molecule has 0 radical (unpaired) electrons. The fourth-order valence-electron chi connectivity index (χ4n) is 3.05. The molecule has 0 aliphatic heterocycles. The molecule has 2 N–H and O–H groups in total. The van der Waals surface area contributed by atoms with Crippen LogP contribution in [0.2, 0.25) is 0 Å². The van der Waals surface area contributed by atoms with Gasteiger partial charge in [-0.3, -0.25) is 9.38 Å². The topological polar surface area (TPSA) is 88.2 Å². The number of aromatic nitrogens is 5. The molecule has 0 amide bonds. The summed E-state index contributed by atoms with van der Waals surface area (Å²) in [7, 11) is 0. The van der Waals surface area contributed by atoms with Gasteiger partial charge in [0.1, 0.15) is 0 Å². The van der Waals surface area contributed by atoms with E-state index in [-0.39, 0.29) is 0 Å². The third-order valence-corrected chi connectivity index (χ3v) is 4.87. The zero-order chi connectivity index (χ0) is 18.8. The molecule has 3 heterocycles. The van der Waals surface area contributed by atoms with Crippen molar-refractivity contribution < 1.29 is 5.11 Å². The van der Waals surface area contributed by atoms with Gasteiger partial charge in [0, 0.05) is 30.2 Å². The predicted molar refractivity (Wildman–Crippen MR) is 100 cm³/mol. The van der Waals surface area contributed by atoms with Crippen LogP contribution in [0.4, 0.5) is 5.95 Å². The van der Waals surface area contributed by atoms with Gasteiger partial charge in [-0.1, -0.05) is 34.1 Å². The Balaban J connectivity index is 2.09. The van der Waals surface area contributed by atoms with Gasteiger partial charge in [0.25, 0.3) is 0 Å². The second-order valence-corrected chi connectivity index (χ2v) is 7.67. The Hall–Kier alpha value is -2.54. The monoisotopic (exact) mass is 354 g/mol. The van der Waals surface area contributed by atoms with Gasteiger partial charge in [-0.05, 0) is 18.4 Å². The molecule has 0 bridgehead atoms. The molecular weight excluding hydrogens is 328 g/mol. The highest BCUT2D eigenvalue weighted by Crippen LogP contribution is 2.43. The molecule has 0 aliphatic carbocycles. The molecule has 0 saturated carbocycles. The van der Waals surface area contributed by atoms with E-state index in [1.807, 2.05) is 18.2 Å². The minimum absolute atomic E-state index is 0.372. The molecule has 7 heteroatoms. The molecule has 7 nitrogen and oxygen atoms in total. The second kappa shape index (κ2) is 6.99. The fourth-order valence-corrected chi connectivity index (χ4v) is 3.05. The molecule has 3 rings (SSSR count). The number of aliphatic hydroxyl groups is 1. The number of nitrogens with one attached hydrogen (secondary N) is 1. The lowest BCUT2D eigenvalue weighted by molar-refractivity contribution is -0.0598. The van der Waals surface area contributed by atoms with E-state index in [9.17, 15) is 5.11 Å². The first-order chi connectivity index (χ1) is 12.3. The van der Waals surface area contributed by atoms with E-state index >= 15 is 0 Å². The summed E-state index contributed by atoms with van der Waals surface area (Å²) in [4.78, 5) is 17.0. The maximum atomic E-state index is 11.9. The van der Waals surface area contributed by atoms with Gasteiger partial charge in [0.15, 0.2) is 11.4 Å². The van der Waals surface area contributed by atoms with Crippen LogP contribution in [0.5, 0.6) is 0 Å². The van der Waals surface area contributed by atoms with Gasteiger partial charge in [-0.25, -0.2) is 15.0 Å². The summed E-state index contributed by atoms with van der Waals surface area (Å²) in [6.07, 6.45) is 11.9. The largest absolute Gasteiger partial charge is 0.365 e. The number of fused-ring (bicyclic) bond motifs is 1. The summed E-state index contributed by atoms with van der Waals surface area (Å²) in [6.45, 7) is 8.46. The summed E-state index contributed by atoms with van der Waals surface area (Å²) in [5.41, 5.74) is -0.604. The molecule has 3 aromatic rings. The van der Waals surface area contributed by atoms with Crippen LogP contribution >= 0.6 is 0 Å². The molecule has 1 atom stereocenters. The summed E-state index contributed by atoms with van der Waals surface area (Å²) >= 11 is 0. The van der Waals surface area contributed by atoms with Crippen LogP contribution in [0.3, 0.4) is 0 Å². The average Bonchev–Trinajstić information content (AvgIpc) is 3.05. The average molecular weight is 354 g/mol. The Kier molecular flexibility index (Phi) is 4.91. The zero-order valence-electron chi connectivity index (χ0n) is 15.7. The number of hydrogen-bond acceptors (Lipinski definition) is 6. The number of hydrogen-bond donors (Lipinski definition) is 2. The van der Waals surface area contributed by atoms with E-state index in [2.05, 4.69) is 39.1 Å². The first-order valence-corrected chi connectivity index (χ1v) is 8.88. The van der Waals surface area contributed by atoms with Gasteiger partial charge < -0.3 is 10.4 Å². The lowest BCUT2D eigenvalue weighted by Crippen LogP contribution is -2.50. The molecule has 0 spiro atoms. The highest BCUT2D eigenvalue weighted by atomic mass is 16.3. The van der Waals surface area contributed by atoms with Crippen LogP contribution in [-0.2, 0) is 5.72 Å². The lowest BCUT2D eigenvalue weighted by Gasteiger charge is -2.43. The van der Waals surface area contributed by atoms with E-state index in [4.69, 9.17) is 0 Å². The van der Waals surface area contributed by atoms with E-state index in [0.29, 0.717) is 23.2 Å². The molecule has 0 saturated heterocycles. The Labute approximate surface area is 153 Å². The Morgan fingerprint density at radius 2 is 1.85 bits per heavy atom. The molecule has 0 fully saturated rings. The van der Waals surface area contributed by atoms with Crippen LogP contribution in [0.25, 0.3) is 5.65 Å². The number of anilines is 1. The standard InChI is InChI=1S/C19H26N6O/c1-14(2)6-7-18(3,4)19(26,24-17-21-8-5-9-22-17)15-12-23-16-13-20-10-11-25(15)16/h5,8-14,26H,6-7H2,1-4H3,(H,21,22,24). The third kappa shape index (κ3) is 3.39. The number of nitrogens with zero attached hydrogens (tertiary/aromatic N) is 5. The molecule has 0 aliphatic rings. The van der Waals surface area contributed by atoms with Crippen molar-refractivity contribution in [1.82, 2.24) is 24.3 Å². The first-order valence-electron chi connectivity index (χ1n) is 8.88. The molecule has 0 aromatic carbocycles. The van der Waals surface area contributed by atoms with Crippen molar-refractivity contribution in [3.63, 3.8) is 0 Å². The maximum Gasteiger partial charge on any atom is 0.225 e. The zero-order valence-corrected chi connectivity index (χ0v) is 15.7. The van der Waals surface area contributed by atoms with E-state index in [1.165, 1.54) is 0 Å². The molecule has 1 unspecified atom stereocenters. The normalized spacial score (nSPS) is 14.5. The first kappa shape index (κ1) is 18.3. The van der Waals surface area contributed by atoms with Crippen LogP contribution < -0.4 is 5.32 Å². The van der Waals surface area contributed by atoms with Crippen LogP contribution in [0.15, 0.2) is 43.2 Å². The highest BCUT2D eigenvalue weighted by Gasteiger charge is 2.47. The number of imidazole rings is 1. The second-order valence-electron chi connectivity index (χ2n) is 7.67. The highest BCUT2D eigenvalue weighted by molar-refractivity contribution is 5.42. The summed E-state index contributed by atoms with van der Waals surface area (Å²) in [5.74, 6) is 0.912. The van der Waals surface area contributed by atoms with Gasteiger partial charge in [0.05, 0.1) is 18.1 Å². The van der Waals surface area contributed by atoms with Crippen LogP contribution in [-0.4, -0.2) is 29.4 Å². The van der Waals surface area contributed by atoms with Crippen molar-refractivity contribution in [3.05, 3.63) is 48.9 Å². The van der Waals surface area contributed by atoms with E-state index in [1.54, 1.807) is 43.2 Å². The lowest BCUT2D eigenvalue weighted by atomic mass is 9.74. The maximum absolute atomic E-state index is 11.9. The quantitative estimate of drug-likeness (QED) is 0.633. The SMILES string of the molecule is CC(C)CCC(C)(C)C(O)(Nc1ncccn1)c1cnc2cnccn12. The van der Waals surface area contributed by atoms with Crippen molar-refractivity contribution in [2.24, 2.45) is 11.3 Å². The van der Waals surface area contributed by atoms with Crippen molar-refractivity contribution in [2.45, 2.75) is 46.3 Å². The smallest absolute Gasteiger partial charge is 0.225 e. The fraction of sp³-hybridized carbons (Fsp3) is 0.474. The van der Waals surface area contributed by atoms with Crippen LogP contribution in [0.1, 0.15) is 46.2 Å². The van der Waals surface area contributed by atoms with Gasteiger partial charge in [-0.15, -0.1) is 0 Å². The Morgan fingerprint density at radius 3 is 2.54 bits per heavy atom. The van der Waals surface area contributed by atoms with Gasteiger partial charge >= 0.3 is 0 Å². The van der Waals surface area contributed by atoms with Crippen molar-refractivity contribution in [1.29, 1.82) is 0 Å². The van der Waals surface area contributed by atoms with Crippen LogP contribution in [0, 0.1) is 11.3 Å². The number of rotatable bonds is 7. The van der Waals surface area contributed by atoms with Gasteiger partial charge in [0.2, 0.25) is 5.95 Å².